The lowest BCUT2D eigenvalue weighted by molar-refractivity contribution is -0.118. The van der Waals surface area contributed by atoms with E-state index >= 15 is 0 Å². The van der Waals surface area contributed by atoms with Gasteiger partial charge in [0.2, 0.25) is 5.91 Å². The van der Waals surface area contributed by atoms with Crippen LogP contribution < -0.4 is 10.6 Å². The van der Waals surface area contributed by atoms with Gasteiger partial charge in [-0.25, -0.2) is 0 Å². The highest BCUT2D eigenvalue weighted by molar-refractivity contribution is 6.31. The number of aliphatic imine (C=N–C) groups is 1. The molecule has 3 rings (SSSR count). The second-order valence-corrected chi connectivity index (χ2v) is 6.89. The van der Waals surface area contributed by atoms with Gasteiger partial charge in [-0.15, -0.1) is 0 Å². The molecule has 1 atom stereocenters. The Labute approximate surface area is 168 Å². The topological polar surface area (TPSA) is 106 Å². The Balaban J connectivity index is 2.31. The number of carbonyl (C=O) groups is 1. The molecule has 0 saturated heterocycles. The second kappa shape index (κ2) is 7.78. The van der Waals surface area contributed by atoms with Crippen molar-refractivity contribution in [3.63, 3.8) is 0 Å². The first-order valence-electron chi connectivity index (χ1n) is 8.64. The first-order valence-corrected chi connectivity index (χ1v) is 9.02. The van der Waals surface area contributed by atoms with Crippen LogP contribution in [0.3, 0.4) is 0 Å². The average molecular weight is 394 g/mol. The van der Waals surface area contributed by atoms with Crippen LogP contribution in [0.4, 0.5) is 5.69 Å². The monoisotopic (exact) mass is 393 g/mol. The summed E-state index contributed by atoms with van der Waals surface area (Å²) in [6.07, 6.45) is 1.60. The fraction of sp³-hybridized carbons (Fsp3) is 0.143. The third-order valence-corrected chi connectivity index (χ3v) is 4.69. The molecule has 0 bridgehead atoms. The van der Waals surface area contributed by atoms with Crippen LogP contribution in [0.5, 0.6) is 0 Å². The molecule has 142 valence electrons. The van der Waals surface area contributed by atoms with Gasteiger partial charge < -0.3 is 5.73 Å². The van der Waals surface area contributed by atoms with Crippen molar-refractivity contribution in [3.05, 3.63) is 70.8 Å². The van der Waals surface area contributed by atoms with E-state index in [2.05, 4.69) is 6.58 Å². The highest BCUT2D eigenvalue weighted by Gasteiger charge is 2.31. The van der Waals surface area contributed by atoms with E-state index in [1.54, 1.807) is 25.1 Å². The Morgan fingerprint density at radius 2 is 2.00 bits per heavy atom. The number of fused-ring (bicyclic) bond motifs is 1. The van der Waals surface area contributed by atoms with Gasteiger partial charge in [0.15, 0.2) is 0 Å². The number of amides is 1. The summed E-state index contributed by atoms with van der Waals surface area (Å²) in [5, 5.41) is 17.4. The summed E-state index contributed by atoms with van der Waals surface area (Å²) < 4.78 is 0. The Hall–Kier alpha value is -3.25. The minimum absolute atomic E-state index is 0.0304. The number of nitrogens with two attached hydrogens (primary N) is 1. The zero-order chi connectivity index (χ0) is 20.4. The molecule has 1 heterocycles. The number of benzodiazepines with no additional fused rings is 1. The molecule has 2 aromatic carbocycles. The van der Waals surface area contributed by atoms with Crippen molar-refractivity contribution >= 4 is 46.7 Å². The van der Waals surface area contributed by atoms with Crippen molar-refractivity contribution in [1.82, 2.24) is 0 Å². The van der Waals surface area contributed by atoms with Crippen LogP contribution in [0.15, 0.2) is 54.0 Å². The number of amidine groups is 2. The van der Waals surface area contributed by atoms with Crippen molar-refractivity contribution in [1.29, 1.82) is 10.8 Å². The van der Waals surface area contributed by atoms with E-state index in [0.717, 1.165) is 16.7 Å². The normalized spacial score (nSPS) is 16.1. The molecular formula is C21H20ClN5O. The molecule has 1 aliphatic heterocycles. The lowest BCUT2D eigenvalue weighted by Gasteiger charge is -2.26. The fourth-order valence-electron chi connectivity index (χ4n) is 3.16. The lowest BCUT2D eigenvalue weighted by atomic mass is 9.98. The number of nitrogens with zero attached hydrogens (tertiary/aromatic N) is 2. The van der Waals surface area contributed by atoms with E-state index in [4.69, 9.17) is 33.1 Å². The summed E-state index contributed by atoms with van der Waals surface area (Å²) in [5.41, 5.74) is 9.06. The maximum Gasteiger partial charge on any atom is 0.220 e. The predicted molar refractivity (Wildman–Crippen MR) is 115 cm³/mol. The number of rotatable bonds is 4. The van der Waals surface area contributed by atoms with Gasteiger partial charge in [-0.1, -0.05) is 42.5 Å². The molecule has 0 unspecified atom stereocenters. The van der Waals surface area contributed by atoms with Gasteiger partial charge in [0.25, 0.3) is 0 Å². The quantitative estimate of drug-likeness (QED) is 0.541. The van der Waals surface area contributed by atoms with Crippen LogP contribution in [0.2, 0.25) is 5.02 Å². The average Bonchev–Trinajstić information content (AvgIpc) is 2.76. The maximum atomic E-state index is 11.6. The second-order valence-electron chi connectivity index (χ2n) is 6.46. The summed E-state index contributed by atoms with van der Waals surface area (Å²) >= 11 is 6.03. The molecule has 6 nitrogen and oxygen atoms in total. The molecule has 0 radical (unpaired) electrons. The number of halogens is 1. The van der Waals surface area contributed by atoms with Gasteiger partial charge in [0, 0.05) is 16.1 Å². The van der Waals surface area contributed by atoms with Gasteiger partial charge in [0.1, 0.15) is 17.7 Å². The minimum atomic E-state index is -0.803. The highest BCUT2D eigenvalue weighted by atomic mass is 35.5. The zero-order valence-corrected chi connectivity index (χ0v) is 16.1. The SMILES string of the molecule is C=Cc1ccc2c(c1)C(c1ccc(Cl)cc1)=N[C@@H](CC(N)=O)C(=N)N2C(C)=N. The molecule has 4 N–H and O–H groups in total. The summed E-state index contributed by atoms with van der Waals surface area (Å²) in [6, 6.07) is 12.0. The van der Waals surface area contributed by atoms with Gasteiger partial charge >= 0.3 is 0 Å². The summed E-state index contributed by atoms with van der Waals surface area (Å²) in [6.45, 7) is 5.41. The number of anilines is 1. The van der Waals surface area contributed by atoms with Crippen LogP contribution in [0.1, 0.15) is 30.0 Å². The minimum Gasteiger partial charge on any atom is -0.370 e. The molecule has 0 aromatic heterocycles. The fourth-order valence-corrected chi connectivity index (χ4v) is 3.29. The van der Waals surface area contributed by atoms with E-state index in [9.17, 15) is 4.79 Å². The molecule has 7 heteroatoms. The van der Waals surface area contributed by atoms with Crippen molar-refractivity contribution in [2.24, 2.45) is 10.7 Å². The number of hydrogen-bond acceptors (Lipinski definition) is 4. The summed E-state index contributed by atoms with van der Waals surface area (Å²) in [7, 11) is 0. The zero-order valence-electron chi connectivity index (χ0n) is 15.4. The Morgan fingerprint density at radius 1 is 1.32 bits per heavy atom. The van der Waals surface area contributed by atoms with E-state index in [1.807, 2.05) is 30.3 Å². The summed E-state index contributed by atoms with van der Waals surface area (Å²) in [4.78, 5) is 17.8. The van der Waals surface area contributed by atoms with E-state index in [-0.39, 0.29) is 18.1 Å². The number of benzene rings is 2. The molecule has 1 amide bonds. The van der Waals surface area contributed by atoms with Gasteiger partial charge in [0.05, 0.1) is 17.8 Å². The molecule has 0 aliphatic carbocycles. The van der Waals surface area contributed by atoms with Crippen molar-refractivity contribution in [2.45, 2.75) is 19.4 Å². The molecule has 0 fully saturated rings. The van der Waals surface area contributed by atoms with E-state index < -0.39 is 11.9 Å². The first-order chi connectivity index (χ1) is 13.3. The number of nitrogens with one attached hydrogen (secondary N) is 2. The molecule has 2 aromatic rings. The van der Waals surface area contributed by atoms with Gasteiger partial charge in [-0.2, -0.15) is 0 Å². The Morgan fingerprint density at radius 3 is 2.57 bits per heavy atom. The van der Waals surface area contributed by atoms with Crippen LogP contribution in [-0.2, 0) is 4.79 Å². The Kier molecular flexibility index (Phi) is 5.42. The van der Waals surface area contributed by atoms with Crippen molar-refractivity contribution < 1.29 is 4.79 Å². The standard InChI is InChI=1S/C21H20ClN5O/c1-3-13-4-9-18-16(10-13)20(14-5-7-15(22)8-6-14)26-17(11-19(24)28)21(25)27(18)12(2)23/h3-10,17,23,25H,1,11H2,2H3,(H2,24,28)/t17-/m0/s1. The third kappa shape index (κ3) is 3.73. The number of carbonyl (C=O) groups excluding carboxylic acids is 1. The smallest absolute Gasteiger partial charge is 0.220 e. The van der Waals surface area contributed by atoms with E-state index in [1.165, 1.54) is 4.90 Å². The lowest BCUT2D eigenvalue weighted by Crippen LogP contribution is -2.41. The largest absolute Gasteiger partial charge is 0.370 e. The van der Waals surface area contributed by atoms with Crippen LogP contribution in [0.25, 0.3) is 6.08 Å². The number of primary amides is 1. The molecule has 0 saturated carbocycles. The molecule has 0 spiro atoms. The third-order valence-electron chi connectivity index (χ3n) is 4.44. The summed E-state index contributed by atoms with van der Waals surface area (Å²) in [5.74, 6) is -0.378. The van der Waals surface area contributed by atoms with E-state index in [0.29, 0.717) is 16.4 Å². The Bertz CT molecular complexity index is 1010. The maximum absolute atomic E-state index is 11.6. The van der Waals surface area contributed by atoms with Crippen LogP contribution in [-0.4, -0.2) is 29.3 Å². The molecular weight excluding hydrogens is 374 g/mol. The first kappa shape index (κ1) is 19.5. The van der Waals surface area contributed by atoms with Crippen molar-refractivity contribution in [3.8, 4) is 0 Å². The predicted octanol–water partition coefficient (Wildman–Crippen LogP) is 3.86. The van der Waals surface area contributed by atoms with Crippen LogP contribution >= 0.6 is 11.6 Å². The van der Waals surface area contributed by atoms with Crippen LogP contribution in [0, 0.1) is 10.8 Å². The van der Waals surface area contributed by atoms with Gasteiger partial charge in [-0.3, -0.25) is 25.5 Å². The highest BCUT2D eigenvalue weighted by Crippen LogP contribution is 2.31. The molecule has 28 heavy (non-hydrogen) atoms. The van der Waals surface area contributed by atoms with Crippen molar-refractivity contribution in [2.75, 3.05) is 4.90 Å². The van der Waals surface area contributed by atoms with Gasteiger partial charge in [-0.05, 0) is 36.8 Å². The molecule has 1 aliphatic rings. The number of hydrogen-bond donors (Lipinski definition) is 3.